The van der Waals surface area contributed by atoms with Crippen LogP contribution in [0.1, 0.15) is 30.5 Å². The van der Waals surface area contributed by atoms with Crippen LogP contribution in [-0.2, 0) is 17.8 Å². The van der Waals surface area contributed by atoms with Gasteiger partial charge in [-0.25, -0.2) is 0 Å². The van der Waals surface area contributed by atoms with E-state index in [1.165, 1.54) is 0 Å². The van der Waals surface area contributed by atoms with Crippen LogP contribution in [0.25, 0.3) is 0 Å². The molecule has 3 heterocycles. The number of ether oxygens (including phenoxy) is 4. The van der Waals surface area contributed by atoms with Crippen LogP contribution in [-0.4, -0.2) is 49.5 Å². The zero-order chi connectivity index (χ0) is 19.2. The first-order chi connectivity index (χ1) is 13.8. The van der Waals surface area contributed by atoms with E-state index in [9.17, 15) is 0 Å². The highest BCUT2D eigenvalue weighted by atomic mass is 16.5. The first-order valence-electron chi connectivity index (χ1n) is 10.0. The second kappa shape index (κ2) is 9.26. The quantitative estimate of drug-likeness (QED) is 0.729. The van der Waals surface area contributed by atoms with E-state index in [0.717, 1.165) is 74.0 Å². The summed E-state index contributed by atoms with van der Waals surface area (Å²) in [5.41, 5.74) is 2.13. The van der Waals surface area contributed by atoms with Gasteiger partial charge in [-0.3, -0.25) is 9.88 Å². The number of methoxy groups -OCH3 is 1. The smallest absolute Gasteiger partial charge is 0.164 e. The maximum Gasteiger partial charge on any atom is 0.164 e. The van der Waals surface area contributed by atoms with Crippen molar-refractivity contribution in [2.45, 2.75) is 38.5 Å². The van der Waals surface area contributed by atoms with E-state index in [1.54, 1.807) is 7.11 Å². The van der Waals surface area contributed by atoms with Crippen LogP contribution < -0.4 is 14.2 Å². The van der Waals surface area contributed by atoms with Gasteiger partial charge in [-0.15, -0.1) is 0 Å². The van der Waals surface area contributed by atoms with Gasteiger partial charge in [0.2, 0.25) is 0 Å². The molecule has 4 rings (SSSR count). The number of pyridine rings is 1. The summed E-state index contributed by atoms with van der Waals surface area (Å²) >= 11 is 0. The minimum atomic E-state index is 0.273. The van der Waals surface area contributed by atoms with Crippen LogP contribution >= 0.6 is 0 Å². The first kappa shape index (κ1) is 19.0. The topological polar surface area (TPSA) is 53.1 Å². The minimum absolute atomic E-state index is 0.273. The molecule has 28 heavy (non-hydrogen) atoms. The Hall–Kier alpha value is -2.31. The van der Waals surface area contributed by atoms with Crippen molar-refractivity contribution in [2.24, 2.45) is 0 Å². The van der Waals surface area contributed by atoms with Crippen molar-refractivity contribution in [1.29, 1.82) is 0 Å². The van der Waals surface area contributed by atoms with E-state index in [0.29, 0.717) is 13.2 Å². The third-order valence-corrected chi connectivity index (χ3v) is 5.14. The van der Waals surface area contributed by atoms with Crippen LogP contribution in [0, 0.1) is 0 Å². The molecule has 2 aromatic rings. The molecule has 0 saturated carbocycles. The SMILES string of the molecule is COc1cc2c(cc1CN(Cc1ccccn1)CC1CCCO1)OCCCO2. The van der Waals surface area contributed by atoms with Crippen molar-refractivity contribution in [3.8, 4) is 17.2 Å². The summed E-state index contributed by atoms with van der Waals surface area (Å²) in [6.07, 6.45) is 5.24. The summed E-state index contributed by atoms with van der Waals surface area (Å²) in [7, 11) is 1.70. The summed E-state index contributed by atoms with van der Waals surface area (Å²) in [5.74, 6) is 2.37. The molecule has 1 aromatic heterocycles. The number of benzene rings is 1. The van der Waals surface area contributed by atoms with Crippen LogP contribution in [0.15, 0.2) is 36.5 Å². The molecule has 1 unspecified atom stereocenters. The van der Waals surface area contributed by atoms with Crippen molar-refractivity contribution < 1.29 is 18.9 Å². The normalized spacial score (nSPS) is 18.9. The molecule has 2 aliphatic rings. The predicted molar refractivity (Wildman–Crippen MR) is 106 cm³/mol. The molecule has 0 bridgehead atoms. The van der Waals surface area contributed by atoms with Gasteiger partial charge in [-0.2, -0.15) is 0 Å². The van der Waals surface area contributed by atoms with Gasteiger partial charge in [0.25, 0.3) is 0 Å². The average molecular weight is 384 g/mol. The highest BCUT2D eigenvalue weighted by molar-refractivity contribution is 5.51. The maximum atomic E-state index is 5.89. The number of rotatable bonds is 7. The van der Waals surface area contributed by atoms with Gasteiger partial charge >= 0.3 is 0 Å². The summed E-state index contributed by atoms with van der Waals surface area (Å²) in [5, 5.41) is 0. The summed E-state index contributed by atoms with van der Waals surface area (Å²) < 4.78 is 23.2. The fourth-order valence-electron chi connectivity index (χ4n) is 3.77. The number of aromatic nitrogens is 1. The monoisotopic (exact) mass is 384 g/mol. The lowest BCUT2D eigenvalue weighted by Crippen LogP contribution is -2.32. The molecule has 0 radical (unpaired) electrons. The zero-order valence-electron chi connectivity index (χ0n) is 16.4. The van der Waals surface area contributed by atoms with Crippen LogP contribution in [0.5, 0.6) is 17.2 Å². The number of nitrogens with zero attached hydrogens (tertiary/aromatic N) is 2. The Labute approximate surface area is 166 Å². The molecule has 2 aliphatic heterocycles. The molecule has 6 nitrogen and oxygen atoms in total. The van der Waals surface area contributed by atoms with Gasteiger partial charge < -0.3 is 18.9 Å². The second-order valence-corrected chi connectivity index (χ2v) is 7.29. The molecule has 0 N–H and O–H groups in total. The van der Waals surface area contributed by atoms with Crippen molar-refractivity contribution in [1.82, 2.24) is 9.88 Å². The molecule has 0 aliphatic carbocycles. The van der Waals surface area contributed by atoms with Crippen molar-refractivity contribution in [3.63, 3.8) is 0 Å². The molecule has 150 valence electrons. The average Bonchev–Trinajstić information content (AvgIpc) is 3.12. The highest BCUT2D eigenvalue weighted by Crippen LogP contribution is 2.37. The number of fused-ring (bicyclic) bond motifs is 1. The summed E-state index contributed by atoms with van der Waals surface area (Å²) in [4.78, 5) is 6.88. The van der Waals surface area contributed by atoms with E-state index in [4.69, 9.17) is 18.9 Å². The fraction of sp³-hybridized carbons (Fsp3) is 0.500. The Morgan fingerprint density at radius 3 is 2.64 bits per heavy atom. The first-order valence-corrected chi connectivity index (χ1v) is 10.0. The van der Waals surface area contributed by atoms with Crippen molar-refractivity contribution in [2.75, 3.05) is 33.5 Å². The Morgan fingerprint density at radius 1 is 1.07 bits per heavy atom. The second-order valence-electron chi connectivity index (χ2n) is 7.29. The lowest BCUT2D eigenvalue weighted by molar-refractivity contribution is 0.0671. The van der Waals surface area contributed by atoms with E-state index >= 15 is 0 Å². The Bertz CT molecular complexity index is 763. The van der Waals surface area contributed by atoms with Crippen molar-refractivity contribution >= 4 is 0 Å². The molecule has 0 spiro atoms. The lowest BCUT2D eigenvalue weighted by atomic mass is 10.1. The fourth-order valence-corrected chi connectivity index (χ4v) is 3.77. The Kier molecular flexibility index (Phi) is 6.29. The third kappa shape index (κ3) is 4.75. The third-order valence-electron chi connectivity index (χ3n) is 5.14. The van der Waals surface area contributed by atoms with Crippen LogP contribution in [0.2, 0.25) is 0 Å². The molecule has 1 fully saturated rings. The Balaban J connectivity index is 1.56. The van der Waals surface area contributed by atoms with E-state index in [2.05, 4.69) is 22.0 Å². The number of hydrogen-bond acceptors (Lipinski definition) is 6. The molecule has 1 aromatic carbocycles. The molecule has 0 amide bonds. The largest absolute Gasteiger partial charge is 0.496 e. The highest BCUT2D eigenvalue weighted by Gasteiger charge is 2.22. The minimum Gasteiger partial charge on any atom is -0.496 e. The lowest BCUT2D eigenvalue weighted by Gasteiger charge is -2.26. The van der Waals surface area contributed by atoms with E-state index in [-0.39, 0.29) is 6.10 Å². The number of hydrogen-bond donors (Lipinski definition) is 0. The molecular weight excluding hydrogens is 356 g/mol. The summed E-state index contributed by atoms with van der Waals surface area (Å²) in [6.45, 7) is 4.56. The molecule has 1 saturated heterocycles. The van der Waals surface area contributed by atoms with Gasteiger partial charge in [0.05, 0.1) is 32.1 Å². The maximum absolute atomic E-state index is 5.89. The van der Waals surface area contributed by atoms with E-state index < -0.39 is 0 Å². The Morgan fingerprint density at radius 2 is 1.93 bits per heavy atom. The molecule has 1 atom stereocenters. The molecular formula is C22H28N2O4. The van der Waals surface area contributed by atoms with E-state index in [1.807, 2.05) is 24.4 Å². The van der Waals surface area contributed by atoms with Gasteiger partial charge in [0.15, 0.2) is 11.5 Å². The van der Waals surface area contributed by atoms with Gasteiger partial charge in [-0.05, 0) is 31.0 Å². The van der Waals surface area contributed by atoms with Gasteiger partial charge in [-0.1, -0.05) is 6.07 Å². The summed E-state index contributed by atoms with van der Waals surface area (Å²) in [6, 6.07) is 10.0. The predicted octanol–water partition coefficient (Wildman–Crippen LogP) is 3.43. The van der Waals surface area contributed by atoms with Crippen LogP contribution in [0.3, 0.4) is 0 Å². The van der Waals surface area contributed by atoms with Crippen molar-refractivity contribution in [3.05, 3.63) is 47.8 Å². The van der Waals surface area contributed by atoms with Crippen LogP contribution in [0.4, 0.5) is 0 Å². The standard InChI is InChI=1S/C22H28N2O4/c1-25-20-13-22-21(27-10-5-11-28-22)12-17(20)14-24(16-19-7-4-9-26-19)15-18-6-2-3-8-23-18/h2-3,6,8,12-13,19H,4-5,7,9-11,14-16H2,1H3. The van der Waals surface area contributed by atoms with Gasteiger partial charge in [0.1, 0.15) is 5.75 Å². The zero-order valence-corrected chi connectivity index (χ0v) is 16.4. The van der Waals surface area contributed by atoms with Gasteiger partial charge in [0, 0.05) is 50.5 Å². The molecule has 6 heteroatoms.